The number of aromatic nitrogens is 2. The number of fused-ring (bicyclic) bond motifs is 3. The molecule has 1 aliphatic rings. The minimum atomic E-state index is -0.0419. The van der Waals surface area contributed by atoms with Crippen LogP contribution in [0.3, 0.4) is 0 Å². The molecule has 0 fully saturated rings. The Hall–Kier alpha value is -2.04. The fourth-order valence-electron chi connectivity index (χ4n) is 3.29. The van der Waals surface area contributed by atoms with E-state index in [4.69, 9.17) is 23.2 Å². The van der Waals surface area contributed by atoms with Crippen molar-refractivity contribution < 1.29 is 4.79 Å². The van der Waals surface area contributed by atoms with E-state index in [9.17, 15) is 4.79 Å². The highest BCUT2D eigenvalue weighted by Gasteiger charge is 2.25. The molecule has 0 radical (unpaired) electrons. The van der Waals surface area contributed by atoms with Gasteiger partial charge in [-0.2, -0.15) is 0 Å². The molecule has 1 aliphatic heterocycles. The van der Waals surface area contributed by atoms with Crippen molar-refractivity contribution >= 4 is 40.0 Å². The Morgan fingerprint density at radius 1 is 1.26 bits per heavy atom. The number of hydrogen-bond donors (Lipinski definition) is 1. The molecule has 4 rings (SSSR count). The van der Waals surface area contributed by atoms with Gasteiger partial charge >= 0.3 is 0 Å². The molecule has 116 valence electrons. The maximum atomic E-state index is 12.3. The molecular formula is C17H13Cl2N3O. The van der Waals surface area contributed by atoms with Crippen molar-refractivity contribution in [2.24, 2.45) is 0 Å². The minimum absolute atomic E-state index is 0.0419. The van der Waals surface area contributed by atoms with Crippen LogP contribution in [0.15, 0.2) is 30.5 Å². The fraction of sp³-hybridized carbons (Fsp3) is 0.176. The van der Waals surface area contributed by atoms with Crippen LogP contribution in [0.1, 0.15) is 16.1 Å². The number of benzene rings is 1. The molecule has 1 N–H and O–H groups in total. The molecule has 0 aliphatic carbocycles. The zero-order valence-corrected chi connectivity index (χ0v) is 13.9. The summed E-state index contributed by atoms with van der Waals surface area (Å²) in [5.74, 6) is -0.0419. The first-order valence-corrected chi connectivity index (χ1v) is 8.04. The molecular weight excluding hydrogens is 333 g/mol. The SMILES string of the molecule is Cc1c2n(c3c(-c4ccnc(Cl)c4)cc(Cl)cc13)CCNC2=O. The van der Waals surface area contributed by atoms with Crippen LogP contribution in [0.25, 0.3) is 22.0 Å². The van der Waals surface area contributed by atoms with Gasteiger partial charge < -0.3 is 9.88 Å². The van der Waals surface area contributed by atoms with E-state index in [2.05, 4.69) is 14.9 Å². The minimum Gasteiger partial charge on any atom is -0.349 e. The molecule has 2 aromatic heterocycles. The quantitative estimate of drug-likeness (QED) is 0.676. The first kappa shape index (κ1) is 14.5. The lowest BCUT2D eigenvalue weighted by molar-refractivity contribution is 0.0928. The van der Waals surface area contributed by atoms with Crippen LogP contribution in [0.2, 0.25) is 10.2 Å². The number of rotatable bonds is 1. The van der Waals surface area contributed by atoms with Gasteiger partial charge in [-0.3, -0.25) is 4.79 Å². The molecule has 23 heavy (non-hydrogen) atoms. The molecule has 0 spiro atoms. The van der Waals surface area contributed by atoms with Gasteiger partial charge in [-0.05, 0) is 42.3 Å². The van der Waals surface area contributed by atoms with Gasteiger partial charge in [-0.15, -0.1) is 0 Å². The lowest BCUT2D eigenvalue weighted by atomic mass is 10.0. The van der Waals surface area contributed by atoms with E-state index >= 15 is 0 Å². The van der Waals surface area contributed by atoms with Crippen molar-refractivity contribution in [1.29, 1.82) is 0 Å². The van der Waals surface area contributed by atoms with Gasteiger partial charge in [-0.25, -0.2) is 4.98 Å². The van der Waals surface area contributed by atoms with E-state index in [1.807, 2.05) is 31.2 Å². The lowest BCUT2D eigenvalue weighted by Gasteiger charge is -2.18. The zero-order valence-electron chi connectivity index (χ0n) is 12.4. The van der Waals surface area contributed by atoms with Crippen LogP contribution in [0.5, 0.6) is 0 Å². The lowest BCUT2D eigenvalue weighted by Crippen LogP contribution is -2.35. The van der Waals surface area contributed by atoms with E-state index < -0.39 is 0 Å². The molecule has 0 saturated carbocycles. The maximum absolute atomic E-state index is 12.3. The maximum Gasteiger partial charge on any atom is 0.268 e. The summed E-state index contributed by atoms with van der Waals surface area (Å²) in [7, 11) is 0. The van der Waals surface area contributed by atoms with Crippen molar-refractivity contribution in [2.45, 2.75) is 13.5 Å². The summed E-state index contributed by atoms with van der Waals surface area (Å²) in [6.07, 6.45) is 1.67. The Morgan fingerprint density at radius 3 is 2.87 bits per heavy atom. The smallest absolute Gasteiger partial charge is 0.268 e. The molecule has 1 amide bonds. The predicted octanol–water partition coefficient (Wildman–Crippen LogP) is 4.06. The molecule has 0 atom stereocenters. The Bertz CT molecular complexity index is 962. The summed E-state index contributed by atoms with van der Waals surface area (Å²) in [6.45, 7) is 3.31. The summed E-state index contributed by atoms with van der Waals surface area (Å²) in [6, 6.07) is 7.53. The molecule has 0 saturated heterocycles. The van der Waals surface area contributed by atoms with Gasteiger partial charge in [0.05, 0.1) is 5.52 Å². The number of halogens is 2. The normalized spacial score (nSPS) is 14.0. The second-order valence-electron chi connectivity index (χ2n) is 5.60. The summed E-state index contributed by atoms with van der Waals surface area (Å²) >= 11 is 12.4. The van der Waals surface area contributed by atoms with Crippen LogP contribution < -0.4 is 5.32 Å². The van der Waals surface area contributed by atoms with Crippen molar-refractivity contribution in [3.05, 3.63) is 51.9 Å². The Morgan fingerprint density at radius 2 is 2.09 bits per heavy atom. The number of hydrogen-bond acceptors (Lipinski definition) is 2. The van der Waals surface area contributed by atoms with Crippen LogP contribution >= 0.6 is 23.2 Å². The molecule has 3 aromatic rings. The number of amides is 1. The van der Waals surface area contributed by atoms with E-state index in [-0.39, 0.29) is 5.91 Å². The molecule has 0 bridgehead atoms. The van der Waals surface area contributed by atoms with Crippen LogP contribution in [-0.4, -0.2) is 22.0 Å². The monoisotopic (exact) mass is 345 g/mol. The highest BCUT2D eigenvalue weighted by atomic mass is 35.5. The van der Waals surface area contributed by atoms with E-state index in [0.29, 0.717) is 22.4 Å². The Labute approximate surface area is 143 Å². The second-order valence-corrected chi connectivity index (χ2v) is 6.42. The number of carbonyl (C=O) groups excluding carboxylic acids is 1. The first-order valence-electron chi connectivity index (χ1n) is 7.28. The molecule has 6 heteroatoms. The van der Waals surface area contributed by atoms with Gasteiger partial charge in [0, 0.05) is 35.3 Å². The van der Waals surface area contributed by atoms with E-state index in [0.717, 1.165) is 34.1 Å². The third-order valence-electron chi connectivity index (χ3n) is 4.25. The second kappa shape index (κ2) is 5.25. The highest BCUT2D eigenvalue weighted by Crippen LogP contribution is 2.37. The average Bonchev–Trinajstić information content (AvgIpc) is 2.81. The largest absolute Gasteiger partial charge is 0.349 e. The van der Waals surface area contributed by atoms with E-state index in [1.165, 1.54) is 0 Å². The Balaban J connectivity index is 2.13. The topological polar surface area (TPSA) is 46.9 Å². The van der Waals surface area contributed by atoms with Crippen molar-refractivity contribution in [3.8, 4) is 11.1 Å². The predicted molar refractivity (Wildman–Crippen MR) is 92.3 cm³/mol. The van der Waals surface area contributed by atoms with Gasteiger partial charge in [0.15, 0.2) is 0 Å². The average molecular weight is 346 g/mol. The summed E-state index contributed by atoms with van der Waals surface area (Å²) in [4.78, 5) is 16.3. The van der Waals surface area contributed by atoms with Crippen LogP contribution in [0.4, 0.5) is 0 Å². The fourth-order valence-corrected chi connectivity index (χ4v) is 3.68. The van der Waals surface area contributed by atoms with Crippen molar-refractivity contribution in [3.63, 3.8) is 0 Å². The molecule has 1 aromatic carbocycles. The van der Waals surface area contributed by atoms with Gasteiger partial charge in [0.2, 0.25) is 0 Å². The van der Waals surface area contributed by atoms with Gasteiger partial charge in [0.25, 0.3) is 5.91 Å². The van der Waals surface area contributed by atoms with Crippen molar-refractivity contribution in [2.75, 3.05) is 6.54 Å². The van der Waals surface area contributed by atoms with Gasteiger partial charge in [0.1, 0.15) is 10.8 Å². The number of pyridine rings is 1. The Kier molecular flexibility index (Phi) is 3.32. The van der Waals surface area contributed by atoms with Crippen LogP contribution in [-0.2, 0) is 6.54 Å². The third kappa shape index (κ3) is 2.21. The summed E-state index contributed by atoms with van der Waals surface area (Å²) in [5.41, 5.74) is 4.56. The first-order chi connectivity index (χ1) is 11.1. The molecule has 3 heterocycles. The van der Waals surface area contributed by atoms with Crippen LogP contribution in [0, 0.1) is 6.92 Å². The molecule has 4 nitrogen and oxygen atoms in total. The van der Waals surface area contributed by atoms with Crippen molar-refractivity contribution in [1.82, 2.24) is 14.9 Å². The summed E-state index contributed by atoms with van der Waals surface area (Å²) in [5, 5.41) is 4.95. The molecule has 0 unspecified atom stereocenters. The summed E-state index contributed by atoms with van der Waals surface area (Å²) < 4.78 is 2.07. The third-order valence-corrected chi connectivity index (χ3v) is 4.67. The standard InChI is InChI=1S/C17H13Cl2N3O/c1-9-12-7-11(18)8-13(10-2-3-20-14(19)6-10)16(12)22-5-4-21-17(23)15(9)22/h2-3,6-8H,4-5H2,1H3,(H,21,23). The van der Waals surface area contributed by atoms with Gasteiger partial charge in [-0.1, -0.05) is 23.2 Å². The van der Waals surface area contributed by atoms with E-state index in [1.54, 1.807) is 6.20 Å². The number of aryl methyl sites for hydroxylation is 1. The highest BCUT2D eigenvalue weighted by molar-refractivity contribution is 6.32. The zero-order chi connectivity index (χ0) is 16.1. The number of carbonyl (C=O) groups is 1. The number of nitrogens with zero attached hydrogens (tertiary/aromatic N) is 2. The number of nitrogens with one attached hydrogen (secondary N) is 1.